The topological polar surface area (TPSA) is 64.3 Å². The van der Waals surface area contributed by atoms with Crippen molar-refractivity contribution in [1.29, 1.82) is 0 Å². The Labute approximate surface area is 157 Å². The average molecular weight is 414 g/mol. The zero-order valence-electron chi connectivity index (χ0n) is 13.3. The van der Waals surface area contributed by atoms with E-state index in [0.717, 1.165) is 22.9 Å². The van der Waals surface area contributed by atoms with Gasteiger partial charge in [-0.05, 0) is 43.7 Å². The molecule has 0 saturated carbocycles. The monoisotopic (exact) mass is 412 g/mol. The van der Waals surface area contributed by atoms with Gasteiger partial charge >= 0.3 is 0 Å². The van der Waals surface area contributed by atoms with E-state index < -0.39 is 0 Å². The molecule has 0 bridgehead atoms. The van der Waals surface area contributed by atoms with Gasteiger partial charge in [0.15, 0.2) is 0 Å². The summed E-state index contributed by atoms with van der Waals surface area (Å²) in [5.74, 6) is 0.587. The van der Waals surface area contributed by atoms with E-state index in [1.54, 1.807) is 12.1 Å². The number of unbranched alkanes of at least 4 members (excludes halogenated alkanes) is 1. The fraction of sp³-hybridized carbons (Fsp3) is 0.278. The first-order chi connectivity index (χ1) is 11.2. The smallest absolute Gasteiger partial charge is 0.251 e. The van der Waals surface area contributed by atoms with E-state index >= 15 is 0 Å². The molecule has 0 aliphatic rings. The largest absolute Gasteiger partial charge is 0.489 e. The Morgan fingerprint density at radius 1 is 1.12 bits per heavy atom. The average Bonchev–Trinajstić information content (AvgIpc) is 2.58. The van der Waals surface area contributed by atoms with Gasteiger partial charge in [0.25, 0.3) is 5.91 Å². The van der Waals surface area contributed by atoms with E-state index in [0.29, 0.717) is 31.0 Å². The Hall–Kier alpha value is -1.56. The lowest BCUT2D eigenvalue weighted by Gasteiger charge is -2.10. The van der Waals surface area contributed by atoms with E-state index in [9.17, 15) is 4.79 Å². The number of benzene rings is 2. The minimum Gasteiger partial charge on any atom is -0.489 e. The molecule has 0 aliphatic heterocycles. The molecule has 0 heterocycles. The summed E-state index contributed by atoms with van der Waals surface area (Å²) in [6.07, 6.45) is 1.80. The van der Waals surface area contributed by atoms with Crippen LogP contribution in [0.3, 0.4) is 0 Å². The van der Waals surface area contributed by atoms with E-state index in [-0.39, 0.29) is 18.3 Å². The summed E-state index contributed by atoms with van der Waals surface area (Å²) in [7, 11) is 0. The third-order valence-corrected chi connectivity index (χ3v) is 4.14. The lowest BCUT2D eigenvalue weighted by Crippen LogP contribution is -2.24. The van der Waals surface area contributed by atoms with Gasteiger partial charge in [-0.2, -0.15) is 0 Å². The summed E-state index contributed by atoms with van der Waals surface area (Å²) in [4.78, 5) is 12.1. The van der Waals surface area contributed by atoms with E-state index in [4.69, 9.17) is 10.5 Å². The van der Waals surface area contributed by atoms with Crippen LogP contribution in [0.4, 0.5) is 0 Å². The zero-order valence-corrected chi connectivity index (χ0v) is 15.7. The maximum atomic E-state index is 12.1. The SMILES string of the molecule is Cl.NCCCCNC(=O)c1cccc(OCc2ccccc2Br)c1. The molecular weight excluding hydrogens is 392 g/mol. The summed E-state index contributed by atoms with van der Waals surface area (Å²) in [5.41, 5.74) is 7.09. The molecule has 0 spiro atoms. The summed E-state index contributed by atoms with van der Waals surface area (Å²) >= 11 is 3.50. The van der Waals surface area contributed by atoms with Crippen molar-refractivity contribution in [3.05, 3.63) is 64.1 Å². The normalized spacial score (nSPS) is 9.92. The molecular formula is C18H22BrClN2O2. The van der Waals surface area contributed by atoms with Gasteiger partial charge in [-0.1, -0.05) is 40.2 Å². The van der Waals surface area contributed by atoms with Crippen LogP contribution >= 0.6 is 28.3 Å². The molecule has 1 amide bonds. The number of carbonyl (C=O) groups is 1. The van der Waals surface area contributed by atoms with Crippen LogP contribution in [0.15, 0.2) is 53.0 Å². The highest BCUT2D eigenvalue weighted by Crippen LogP contribution is 2.19. The van der Waals surface area contributed by atoms with Crippen LogP contribution < -0.4 is 15.8 Å². The van der Waals surface area contributed by atoms with Crippen LogP contribution in [0.2, 0.25) is 0 Å². The number of rotatable bonds is 8. The van der Waals surface area contributed by atoms with Gasteiger partial charge in [0.1, 0.15) is 12.4 Å². The lowest BCUT2D eigenvalue weighted by atomic mass is 10.2. The van der Waals surface area contributed by atoms with Crippen molar-refractivity contribution >= 4 is 34.2 Å². The molecule has 0 saturated heterocycles. The predicted molar refractivity (Wildman–Crippen MR) is 103 cm³/mol. The van der Waals surface area contributed by atoms with E-state index in [1.807, 2.05) is 36.4 Å². The number of halogens is 2. The molecule has 0 aliphatic carbocycles. The molecule has 0 radical (unpaired) electrons. The van der Waals surface area contributed by atoms with E-state index in [1.165, 1.54) is 0 Å². The minimum atomic E-state index is -0.0895. The maximum Gasteiger partial charge on any atom is 0.251 e. The van der Waals surface area contributed by atoms with Gasteiger partial charge in [0.05, 0.1) is 0 Å². The number of hydrogen-bond donors (Lipinski definition) is 2. The lowest BCUT2D eigenvalue weighted by molar-refractivity contribution is 0.0952. The van der Waals surface area contributed by atoms with Crippen LogP contribution in [0.1, 0.15) is 28.8 Å². The fourth-order valence-corrected chi connectivity index (χ4v) is 2.48. The Morgan fingerprint density at radius 3 is 2.67 bits per heavy atom. The second kappa shape index (κ2) is 11.1. The molecule has 2 rings (SSSR count). The number of amides is 1. The number of hydrogen-bond acceptors (Lipinski definition) is 3. The maximum absolute atomic E-state index is 12.1. The molecule has 0 aromatic heterocycles. The van der Waals surface area contributed by atoms with Crippen molar-refractivity contribution in [3.63, 3.8) is 0 Å². The van der Waals surface area contributed by atoms with Gasteiger partial charge < -0.3 is 15.8 Å². The number of nitrogens with two attached hydrogens (primary N) is 1. The molecule has 0 atom stereocenters. The molecule has 0 unspecified atom stereocenters. The first-order valence-electron chi connectivity index (χ1n) is 7.65. The van der Waals surface area contributed by atoms with Gasteiger partial charge in [0, 0.05) is 22.1 Å². The fourth-order valence-electron chi connectivity index (χ4n) is 2.08. The second-order valence-electron chi connectivity index (χ2n) is 5.16. The van der Waals surface area contributed by atoms with Crippen molar-refractivity contribution < 1.29 is 9.53 Å². The van der Waals surface area contributed by atoms with Crippen LogP contribution in [-0.2, 0) is 6.61 Å². The van der Waals surface area contributed by atoms with Gasteiger partial charge in [0.2, 0.25) is 0 Å². The summed E-state index contributed by atoms with van der Waals surface area (Å²) in [6.45, 7) is 1.73. The summed E-state index contributed by atoms with van der Waals surface area (Å²) in [5, 5.41) is 2.89. The van der Waals surface area contributed by atoms with Crippen molar-refractivity contribution in [2.24, 2.45) is 5.73 Å². The van der Waals surface area contributed by atoms with Crippen LogP contribution in [0.25, 0.3) is 0 Å². The highest BCUT2D eigenvalue weighted by molar-refractivity contribution is 9.10. The van der Waals surface area contributed by atoms with Crippen molar-refractivity contribution in [2.45, 2.75) is 19.4 Å². The Kier molecular flexibility index (Phi) is 9.45. The quantitative estimate of drug-likeness (QED) is 0.645. The predicted octanol–water partition coefficient (Wildman–Crippen LogP) is 3.92. The first kappa shape index (κ1) is 20.5. The number of carbonyl (C=O) groups excluding carboxylic acids is 1. The number of ether oxygens (including phenoxy) is 1. The van der Waals surface area contributed by atoms with Gasteiger partial charge in [-0.15, -0.1) is 12.4 Å². The molecule has 2 aromatic rings. The molecule has 4 nitrogen and oxygen atoms in total. The van der Waals surface area contributed by atoms with Crippen LogP contribution in [-0.4, -0.2) is 19.0 Å². The highest BCUT2D eigenvalue weighted by Gasteiger charge is 2.07. The third-order valence-electron chi connectivity index (χ3n) is 3.36. The van der Waals surface area contributed by atoms with E-state index in [2.05, 4.69) is 21.2 Å². The minimum absolute atomic E-state index is 0. The van der Waals surface area contributed by atoms with Crippen molar-refractivity contribution in [2.75, 3.05) is 13.1 Å². The standard InChI is InChI=1S/C18H21BrN2O2.ClH/c19-17-9-2-1-6-15(17)13-23-16-8-5-7-14(12-16)18(22)21-11-4-3-10-20;/h1-2,5-9,12H,3-4,10-11,13,20H2,(H,21,22);1H. The first-order valence-corrected chi connectivity index (χ1v) is 8.44. The summed E-state index contributed by atoms with van der Waals surface area (Å²) < 4.78 is 6.79. The zero-order chi connectivity index (χ0) is 16.5. The van der Waals surface area contributed by atoms with Gasteiger partial charge in [-0.3, -0.25) is 4.79 Å². The third kappa shape index (κ3) is 6.51. The molecule has 130 valence electrons. The number of nitrogens with one attached hydrogen (secondary N) is 1. The second-order valence-corrected chi connectivity index (χ2v) is 6.01. The van der Waals surface area contributed by atoms with Crippen LogP contribution in [0.5, 0.6) is 5.75 Å². The Bertz CT molecular complexity index is 652. The molecule has 24 heavy (non-hydrogen) atoms. The van der Waals surface area contributed by atoms with Crippen LogP contribution in [0, 0.1) is 0 Å². The Morgan fingerprint density at radius 2 is 1.92 bits per heavy atom. The van der Waals surface area contributed by atoms with Crippen molar-refractivity contribution in [3.8, 4) is 5.75 Å². The molecule has 0 fully saturated rings. The molecule has 6 heteroatoms. The summed E-state index contributed by atoms with van der Waals surface area (Å²) in [6, 6.07) is 15.1. The highest BCUT2D eigenvalue weighted by atomic mass is 79.9. The van der Waals surface area contributed by atoms with Gasteiger partial charge in [-0.25, -0.2) is 0 Å². The molecule has 3 N–H and O–H groups in total. The van der Waals surface area contributed by atoms with Crippen molar-refractivity contribution in [1.82, 2.24) is 5.32 Å². The molecule has 2 aromatic carbocycles. The Balaban J connectivity index is 0.00000288.